The lowest BCUT2D eigenvalue weighted by atomic mass is 10.0. The Morgan fingerprint density at radius 3 is 2.22 bits per heavy atom. The van der Waals surface area contributed by atoms with Gasteiger partial charge in [0.15, 0.2) is 0 Å². The molecule has 15 heteroatoms. The molecule has 0 saturated heterocycles. The van der Waals surface area contributed by atoms with Gasteiger partial charge in [0.1, 0.15) is 23.5 Å². The number of carbonyl (C=O) groups is 1. The SMILES string of the molecule is CC(NC(=O)c1cc(C(F)(F)F)cc(C(F)(F)F)c1)c1nccnc1-c1ncn(-c2cccnc2N)n1. The molecule has 1 unspecified atom stereocenters. The third-order valence-corrected chi connectivity index (χ3v) is 5.10. The van der Waals surface area contributed by atoms with Gasteiger partial charge in [-0.15, -0.1) is 5.10 Å². The summed E-state index contributed by atoms with van der Waals surface area (Å²) in [6, 6.07) is 2.91. The molecule has 1 amide bonds. The zero-order chi connectivity index (χ0) is 27.0. The maximum absolute atomic E-state index is 13.2. The highest BCUT2D eigenvalue weighted by Gasteiger charge is 2.37. The third kappa shape index (κ3) is 5.49. The number of pyridine rings is 1. The lowest BCUT2D eigenvalue weighted by Gasteiger charge is -2.17. The third-order valence-electron chi connectivity index (χ3n) is 5.10. The maximum Gasteiger partial charge on any atom is 0.416 e. The molecule has 3 heterocycles. The molecule has 3 aromatic heterocycles. The molecule has 0 saturated carbocycles. The Hall–Kier alpha value is -4.56. The van der Waals surface area contributed by atoms with Gasteiger partial charge in [-0.25, -0.2) is 19.6 Å². The Labute approximate surface area is 204 Å². The van der Waals surface area contributed by atoms with Crippen molar-refractivity contribution in [3.63, 3.8) is 0 Å². The summed E-state index contributed by atoms with van der Waals surface area (Å²) in [6.07, 6.45) is -4.74. The number of hydrogen-bond donors (Lipinski definition) is 2. The number of alkyl halides is 6. The lowest BCUT2D eigenvalue weighted by molar-refractivity contribution is -0.143. The van der Waals surface area contributed by atoms with Crippen LogP contribution in [0.25, 0.3) is 17.2 Å². The molecular formula is C22H16F6N8O. The van der Waals surface area contributed by atoms with Crippen LogP contribution in [0.5, 0.6) is 0 Å². The van der Waals surface area contributed by atoms with Gasteiger partial charge in [0.25, 0.3) is 5.91 Å². The summed E-state index contributed by atoms with van der Waals surface area (Å²) in [5.41, 5.74) is 2.48. The number of nitrogens with one attached hydrogen (secondary N) is 1. The number of rotatable bonds is 5. The zero-order valence-corrected chi connectivity index (χ0v) is 18.7. The van der Waals surface area contributed by atoms with Gasteiger partial charge >= 0.3 is 12.4 Å². The van der Waals surface area contributed by atoms with E-state index in [2.05, 4.69) is 30.4 Å². The molecule has 0 fully saturated rings. The quantitative estimate of drug-likeness (QED) is 0.376. The van der Waals surface area contributed by atoms with Gasteiger partial charge in [-0.2, -0.15) is 26.3 Å². The molecular weight excluding hydrogens is 506 g/mol. The number of nitrogen functional groups attached to an aromatic ring is 1. The van der Waals surface area contributed by atoms with Crippen molar-refractivity contribution in [1.82, 2.24) is 35.0 Å². The number of hydrogen-bond acceptors (Lipinski definition) is 7. The summed E-state index contributed by atoms with van der Waals surface area (Å²) >= 11 is 0. The van der Waals surface area contributed by atoms with E-state index in [0.717, 1.165) is 0 Å². The second kappa shape index (κ2) is 9.48. The van der Waals surface area contributed by atoms with Crippen LogP contribution in [0.4, 0.5) is 32.2 Å². The van der Waals surface area contributed by atoms with E-state index in [9.17, 15) is 31.1 Å². The highest BCUT2D eigenvalue weighted by molar-refractivity contribution is 5.95. The monoisotopic (exact) mass is 522 g/mol. The van der Waals surface area contributed by atoms with Gasteiger partial charge in [0.2, 0.25) is 5.82 Å². The van der Waals surface area contributed by atoms with E-state index >= 15 is 0 Å². The van der Waals surface area contributed by atoms with E-state index in [1.165, 1.54) is 36.5 Å². The molecule has 192 valence electrons. The number of carbonyl (C=O) groups excluding carboxylic acids is 1. The summed E-state index contributed by atoms with van der Waals surface area (Å²) in [5.74, 6) is -0.925. The molecule has 0 aliphatic heterocycles. The predicted octanol–water partition coefficient (Wildman–Crippen LogP) is 4.23. The molecule has 3 N–H and O–H groups in total. The number of amides is 1. The van der Waals surface area contributed by atoms with Crippen LogP contribution in [0, 0.1) is 0 Å². The Bertz CT molecular complexity index is 1420. The molecule has 1 atom stereocenters. The van der Waals surface area contributed by atoms with Crippen molar-refractivity contribution in [3.8, 4) is 17.2 Å². The van der Waals surface area contributed by atoms with E-state index in [1.54, 1.807) is 12.1 Å². The van der Waals surface area contributed by atoms with Crippen molar-refractivity contribution < 1.29 is 31.1 Å². The smallest absolute Gasteiger partial charge is 0.382 e. The summed E-state index contributed by atoms with van der Waals surface area (Å²) in [6.45, 7) is 1.43. The fourth-order valence-electron chi connectivity index (χ4n) is 3.36. The second-order valence-electron chi connectivity index (χ2n) is 7.70. The van der Waals surface area contributed by atoms with Crippen molar-refractivity contribution >= 4 is 11.7 Å². The van der Waals surface area contributed by atoms with Crippen molar-refractivity contribution in [2.75, 3.05) is 5.73 Å². The van der Waals surface area contributed by atoms with Crippen LogP contribution in [-0.2, 0) is 12.4 Å². The van der Waals surface area contributed by atoms with Crippen LogP contribution in [0.3, 0.4) is 0 Å². The summed E-state index contributed by atoms with van der Waals surface area (Å²) in [7, 11) is 0. The highest BCUT2D eigenvalue weighted by Crippen LogP contribution is 2.36. The van der Waals surface area contributed by atoms with Gasteiger partial charge in [0.05, 0.1) is 22.9 Å². The average Bonchev–Trinajstić information content (AvgIpc) is 3.33. The first-order valence-corrected chi connectivity index (χ1v) is 10.4. The number of aromatic nitrogens is 6. The second-order valence-corrected chi connectivity index (χ2v) is 7.70. The topological polar surface area (TPSA) is 125 Å². The largest absolute Gasteiger partial charge is 0.416 e. The van der Waals surface area contributed by atoms with Crippen LogP contribution in [0.15, 0.2) is 55.2 Å². The first-order chi connectivity index (χ1) is 17.3. The summed E-state index contributed by atoms with van der Waals surface area (Å²) in [5, 5.41) is 6.65. The van der Waals surface area contributed by atoms with Gasteiger partial charge in [-0.1, -0.05) is 0 Å². The van der Waals surface area contributed by atoms with Gasteiger partial charge < -0.3 is 11.1 Å². The number of anilines is 1. The van der Waals surface area contributed by atoms with E-state index in [1.807, 2.05) is 0 Å². The van der Waals surface area contributed by atoms with Crippen molar-refractivity contribution in [1.29, 1.82) is 0 Å². The minimum absolute atomic E-state index is 0.0576. The Kier molecular flexibility index (Phi) is 6.54. The molecule has 4 aromatic rings. The van der Waals surface area contributed by atoms with Gasteiger partial charge in [-0.05, 0) is 37.3 Å². The molecule has 4 rings (SSSR count). The first kappa shape index (κ1) is 25.5. The molecule has 0 aliphatic carbocycles. The maximum atomic E-state index is 13.2. The Balaban J connectivity index is 1.64. The van der Waals surface area contributed by atoms with E-state index in [4.69, 9.17) is 5.73 Å². The van der Waals surface area contributed by atoms with Crippen molar-refractivity contribution in [2.45, 2.75) is 25.3 Å². The van der Waals surface area contributed by atoms with Crippen LogP contribution in [0.2, 0.25) is 0 Å². The van der Waals surface area contributed by atoms with E-state index < -0.39 is 41.0 Å². The number of nitrogens with zero attached hydrogens (tertiary/aromatic N) is 6. The standard InChI is InChI=1S/C22H16F6N8O/c1-11(34-20(37)12-7-13(21(23,24)25)9-14(8-12)22(26,27)28)16-17(31-6-5-30-16)19-33-10-36(35-19)15-3-2-4-32-18(15)29/h2-11H,1H3,(H2,29,32)(H,34,37). The summed E-state index contributed by atoms with van der Waals surface area (Å²) in [4.78, 5) is 29.2. The zero-order valence-electron chi connectivity index (χ0n) is 18.7. The molecule has 0 spiro atoms. The Morgan fingerprint density at radius 1 is 0.946 bits per heavy atom. The number of benzene rings is 1. The molecule has 0 bridgehead atoms. The highest BCUT2D eigenvalue weighted by atomic mass is 19.4. The molecule has 0 aliphatic rings. The van der Waals surface area contributed by atoms with Crippen molar-refractivity contribution in [2.24, 2.45) is 0 Å². The van der Waals surface area contributed by atoms with Gasteiger partial charge in [0, 0.05) is 24.2 Å². The molecule has 1 aromatic carbocycles. The molecule has 37 heavy (non-hydrogen) atoms. The van der Waals surface area contributed by atoms with Gasteiger partial charge in [-0.3, -0.25) is 9.78 Å². The van der Waals surface area contributed by atoms with Crippen molar-refractivity contribution in [3.05, 3.63) is 77.6 Å². The molecule has 0 radical (unpaired) electrons. The molecule has 9 nitrogen and oxygen atoms in total. The fourth-order valence-corrected chi connectivity index (χ4v) is 3.36. The Morgan fingerprint density at radius 2 is 1.59 bits per heavy atom. The van der Waals surface area contributed by atoms with Crippen LogP contribution in [0.1, 0.15) is 40.1 Å². The van der Waals surface area contributed by atoms with E-state index in [0.29, 0.717) is 17.8 Å². The predicted molar refractivity (Wildman–Crippen MR) is 117 cm³/mol. The normalized spacial score (nSPS) is 12.8. The number of halogens is 6. The van der Waals surface area contributed by atoms with E-state index in [-0.39, 0.29) is 29.1 Å². The van der Waals surface area contributed by atoms with Crippen LogP contribution < -0.4 is 11.1 Å². The fraction of sp³-hybridized carbons (Fsp3) is 0.182. The van der Waals surface area contributed by atoms with Crippen LogP contribution >= 0.6 is 0 Å². The lowest BCUT2D eigenvalue weighted by Crippen LogP contribution is -2.28. The number of nitrogens with two attached hydrogens (primary N) is 1. The average molecular weight is 522 g/mol. The first-order valence-electron chi connectivity index (χ1n) is 10.4. The summed E-state index contributed by atoms with van der Waals surface area (Å²) < 4.78 is 80.4. The minimum atomic E-state index is -5.10. The minimum Gasteiger partial charge on any atom is -0.382 e. The van der Waals surface area contributed by atoms with Crippen LogP contribution in [-0.4, -0.2) is 35.6 Å².